The van der Waals surface area contributed by atoms with Crippen LogP contribution in [0, 0.1) is 5.82 Å². The SMILES string of the molecule is Cn1nc(C(F)(F)F)c(F)c1C1NC(CN)=CO1. The van der Waals surface area contributed by atoms with Gasteiger partial charge in [-0.3, -0.25) is 4.68 Å². The molecule has 3 N–H and O–H groups in total. The van der Waals surface area contributed by atoms with Crippen LogP contribution < -0.4 is 11.1 Å². The van der Waals surface area contributed by atoms with E-state index in [0.717, 1.165) is 4.68 Å². The maximum Gasteiger partial charge on any atom is 0.438 e. The van der Waals surface area contributed by atoms with Crippen LogP contribution in [0.25, 0.3) is 0 Å². The summed E-state index contributed by atoms with van der Waals surface area (Å²) in [4.78, 5) is 0. The number of hydrogen-bond donors (Lipinski definition) is 2. The number of hydrogen-bond acceptors (Lipinski definition) is 4. The predicted octanol–water partition coefficient (Wildman–Crippen LogP) is 0.997. The van der Waals surface area contributed by atoms with Gasteiger partial charge in [-0.15, -0.1) is 0 Å². The van der Waals surface area contributed by atoms with Crippen LogP contribution in [0.4, 0.5) is 17.6 Å². The number of nitrogens with two attached hydrogens (primary N) is 1. The molecule has 0 amide bonds. The Hall–Kier alpha value is -1.77. The molecule has 1 aliphatic heterocycles. The first kappa shape index (κ1) is 12.7. The summed E-state index contributed by atoms with van der Waals surface area (Å²) in [5.41, 5.74) is 3.89. The first-order valence-electron chi connectivity index (χ1n) is 4.95. The molecule has 1 aromatic rings. The second kappa shape index (κ2) is 4.16. The van der Waals surface area contributed by atoms with E-state index < -0.39 is 23.9 Å². The molecule has 0 aliphatic carbocycles. The molecule has 0 saturated carbocycles. The van der Waals surface area contributed by atoms with Crippen LogP contribution in [0.5, 0.6) is 0 Å². The Morgan fingerprint density at radius 1 is 1.56 bits per heavy atom. The van der Waals surface area contributed by atoms with E-state index in [9.17, 15) is 17.6 Å². The molecule has 2 rings (SSSR count). The Bertz CT molecular complexity index is 493. The highest BCUT2D eigenvalue weighted by Gasteiger charge is 2.41. The minimum absolute atomic E-state index is 0.113. The number of aromatic nitrogens is 2. The number of rotatable bonds is 2. The van der Waals surface area contributed by atoms with Crippen molar-refractivity contribution in [2.24, 2.45) is 12.8 Å². The summed E-state index contributed by atoms with van der Waals surface area (Å²) in [6.45, 7) is 0.113. The summed E-state index contributed by atoms with van der Waals surface area (Å²) in [6.07, 6.45) is -4.66. The number of aryl methyl sites for hydroxylation is 1. The third kappa shape index (κ3) is 2.01. The molecule has 0 spiro atoms. The highest BCUT2D eigenvalue weighted by atomic mass is 19.4. The van der Waals surface area contributed by atoms with E-state index in [4.69, 9.17) is 10.5 Å². The van der Waals surface area contributed by atoms with Gasteiger partial charge in [-0.1, -0.05) is 0 Å². The largest absolute Gasteiger partial charge is 0.470 e. The topological polar surface area (TPSA) is 65.1 Å². The van der Waals surface area contributed by atoms with E-state index in [0.29, 0.717) is 5.70 Å². The second-order valence-corrected chi connectivity index (χ2v) is 3.68. The molecule has 100 valence electrons. The molecule has 0 bridgehead atoms. The van der Waals surface area contributed by atoms with E-state index in [-0.39, 0.29) is 12.2 Å². The molecule has 0 fully saturated rings. The maximum absolute atomic E-state index is 13.7. The van der Waals surface area contributed by atoms with Crippen LogP contribution in [0.3, 0.4) is 0 Å². The van der Waals surface area contributed by atoms with E-state index in [1.165, 1.54) is 13.3 Å². The standard InChI is InChI=1S/C9H10F4N4O/c1-17-6(8-15-4(2-14)3-18-8)5(10)7(16-17)9(11,12)13/h3,8,15H,2,14H2,1H3. The van der Waals surface area contributed by atoms with E-state index in [1.807, 2.05) is 0 Å². The first-order chi connectivity index (χ1) is 8.34. The Balaban J connectivity index is 2.33. The molecule has 2 heterocycles. The molecule has 1 unspecified atom stereocenters. The van der Waals surface area contributed by atoms with Gasteiger partial charge in [-0.2, -0.15) is 18.3 Å². The van der Waals surface area contributed by atoms with Crippen molar-refractivity contribution in [3.05, 3.63) is 29.2 Å². The average Bonchev–Trinajstić information content (AvgIpc) is 2.82. The van der Waals surface area contributed by atoms with Crippen LogP contribution in [0.2, 0.25) is 0 Å². The van der Waals surface area contributed by atoms with Crippen molar-refractivity contribution in [1.82, 2.24) is 15.1 Å². The van der Waals surface area contributed by atoms with Crippen molar-refractivity contribution in [1.29, 1.82) is 0 Å². The van der Waals surface area contributed by atoms with Crippen molar-refractivity contribution in [2.75, 3.05) is 6.54 Å². The van der Waals surface area contributed by atoms with Crippen LogP contribution in [0.1, 0.15) is 17.6 Å². The van der Waals surface area contributed by atoms with Gasteiger partial charge in [-0.25, -0.2) is 4.39 Å². The third-order valence-electron chi connectivity index (χ3n) is 2.43. The van der Waals surface area contributed by atoms with Crippen molar-refractivity contribution in [2.45, 2.75) is 12.4 Å². The van der Waals surface area contributed by atoms with Gasteiger partial charge in [0.25, 0.3) is 0 Å². The number of nitrogens with zero attached hydrogens (tertiary/aromatic N) is 2. The quantitative estimate of drug-likeness (QED) is 0.784. The van der Waals surface area contributed by atoms with E-state index >= 15 is 0 Å². The number of halogens is 4. The van der Waals surface area contributed by atoms with Crippen molar-refractivity contribution >= 4 is 0 Å². The summed E-state index contributed by atoms with van der Waals surface area (Å²) >= 11 is 0. The molecular weight excluding hydrogens is 256 g/mol. The lowest BCUT2D eigenvalue weighted by atomic mass is 10.3. The van der Waals surface area contributed by atoms with Crippen molar-refractivity contribution in [3.8, 4) is 0 Å². The number of nitrogens with one attached hydrogen (secondary N) is 1. The van der Waals surface area contributed by atoms with E-state index in [2.05, 4.69) is 10.4 Å². The predicted molar refractivity (Wildman–Crippen MR) is 52.3 cm³/mol. The summed E-state index contributed by atoms with van der Waals surface area (Å²) in [5, 5.41) is 5.77. The Kier molecular flexibility index (Phi) is 2.93. The highest BCUT2D eigenvalue weighted by molar-refractivity contribution is 5.21. The molecule has 0 radical (unpaired) electrons. The molecule has 18 heavy (non-hydrogen) atoms. The lowest BCUT2D eigenvalue weighted by Gasteiger charge is -2.12. The van der Waals surface area contributed by atoms with Gasteiger partial charge in [0.1, 0.15) is 12.0 Å². The van der Waals surface area contributed by atoms with Gasteiger partial charge in [0.15, 0.2) is 5.82 Å². The minimum atomic E-state index is -4.84. The number of alkyl halides is 3. The fourth-order valence-corrected chi connectivity index (χ4v) is 1.60. The lowest BCUT2D eigenvalue weighted by Crippen LogP contribution is -2.23. The molecule has 5 nitrogen and oxygen atoms in total. The fourth-order valence-electron chi connectivity index (χ4n) is 1.60. The van der Waals surface area contributed by atoms with Crippen LogP contribution >= 0.6 is 0 Å². The number of ether oxygens (including phenoxy) is 1. The maximum atomic E-state index is 13.7. The summed E-state index contributed by atoms with van der Waals surface area (Å²) in [5.74, 6) is -1.45. The minimum Gasteiger partial charge on any atom is -0.470 e. The Labute approximate surface area is 99.2 Å². The Morgan fingerprint density at radius 2 is 2.22 bits per heavy atom. The summed E-state index contributed by atoms with van der Waals surface area (Å²) < 4.78 is 56.9. The van der Waals surface area contributed by atoms with Crippen LogP contribution in [-0.4, -0.2) is 16.3 Å². The van der Waals surface area contributed by atoms with Crippen LogP contribution in [0.15, 0.2) is 12.0 Å². The van der Waals surface area contributed by atoms with E-state index in [1.54, 1.807) is 0 Å². The molecule has 1 aromatic heterocycles. The molecule has 0 aromatic carbocycles. The van der Waals surface area contributed by atoms with Gasteiger partial charge < -0.3 is 15.8 Å². The van der Waals surface area contributed by atoms with Crippen LogP contribution in [-0.2, 0) is 18.0 Å². The van der Waals surface area contributed by atoms with Gasteiger partial charge in [0.05, 0.1) is 5.70 Å². The zero-order valence-electron chi connectivity index (χ0n) is 9.25. The van der Waals surface area contributed by atoms with Gasteiger partial charge >= 0.3 is 6.18 Å². The second-order valence-electron chi connectivity index (χ2n) is 3.68. The lowest BCUT2D eigenvalue weighted by molar-refractivity contribution is -0.143. The van der Waals surface area contributed by atoms with Crippen molar-refractivity contribution in [3.63, 3.8) is 0 Å². The monoisotopic (exact) mass is 266 g/mol. The molecule has 1 atom stereocenters. The van der Waals surface area contributed by atoms with Gasteiger partial charge in [-0.05, 0) is 0 Å². The molecular formula is C9H10F4N4O. The zero-order valence-corrected chi connectivity index (χ0v) is 9.25. The molecule has 1 aliphatic rings. The molecule has 9 heteroatoms. The van der Waals surface area contributed by atoms with Gasteiger partial charge in [0, 0.05) is 13.6 Å². The summed E-state index contributed by atoms with van der Waals surface area (Å²) in [7, 11) is 1.21. The smallest absolute Gasteiger partial charge is 0.438 e. The normalized spacial score (nSPS) is 19.4. The third-order valence-corrected chi connectivity index (χ3v) is 2.43. The summed E-state index contributed by atoms with van der Waals surface area (Å²) in [6, 6.07) is 0. The van der Waals surface area contributed by atoms with Gasteiger partial charge in [0.2, 0.25) is 11.9 Å². The highest BCUT2D eigenvalue weighted by Crippen LogP contribution is 2.34. The first-order valence-corrected chi connectivity index (χ1v) is 4.95. The van der Waals surface area contributed by atoms with Crippen molar-refractivity contribution < 1.29 is 22.3 Å². The Morgan fingerprint density at radius 3 is 2.67 bits per heavy atom. The fraction of sp³-hybridized carbons (Fsp3) is 0.444. The zero-order chi connectivity index (χ0) is 13.5. The molecule has 0 saturated heterocycles. The average molecular weight is 266 g/mol.